The lowest BCUT2D eigenvalue weighted by Gasteiger charge is -2.22. The maximum atomic E-state index is 4.24. The van der Waals surface area contributed by atoms with Gasteiger partial charge in [0.05, 0.1) is 0 Å². The van der Waals surface area contributed by atoms with Gasteiger partial charge in [0.2, 0.25) is 0 Å². The van der Waals surface area contributed by atoms with Crippen LogP contribution in [0.3, 0.4) is 0 Å². The standard InChI is InChI=1S/C17H25N3/c1-5-18-16(10-9-15-11-12-19-20(15)4)17-13(2)7-6-8-14(17)3/h6-8,11-12,16,18H,5,9-10H2,1-4H3. The largest absolute Gasteiger partial charge is 0.310 e. The van der Waals surface area contributed by atoms with Crippen molar-refractivity contribution in [1.29, 1.82) is 0 Å². The fourth-order valence-electron chi connectivity index (χ4n) is 2.91. The molecular formula is C17H25N3. The van der Waals surface area contributed by atoms with Gasteiger partial charge in [-0.15, -0.1) is 0 Å². The second-order valence-corrected chi connectivity index (χ2v) is 5.40. The normalized spacial score (nSPS) is 12.6. The molecule has 1 atom stereocenters. The van der Waals surface area contributed by atoms with Crippen molar-refractivity contribution in [2.75, 3.05) is 6.54 Å². The van der Waals surface area contributed by atoms with Crippen molar-refractivity contribution in [3.8, 4) is 0 Å². The molecule has 0 aliphatic carbocycles. The Bertz CT molecular complexity index is 537. The number of rotatable bonds is 6. The lowest BCUT2D eigenvalue weighted by atomic mass is 9.92. The monoisotopic (exact) mass is 271 g/mol. The van der Waals surface area contributed by atoms with Gasteiger partial charge < -0.3 is 5.32 Å². The molecular weight excluding hydrogens is 246 g/mol. The van der Waals surface area contributed by atoms with Crippen LogP contribution in [-0.2, 0) is 13.5 Å². The summed E-state index contributed by atoms with van der Waals surface area (Å²) in [4.78, 5) is 0. The summed E-state index contributed by atoms with van der Waals surface area (Å²) in [5.41, 5.74) is 5.50. The summed E-state index contributed by atoms with van der Waals surface area (Å²) in [6.45, 7) is 7.57. The minimum absolute atomic E-state index is 0.413. The summed E-state index contributed by atoms with van der Waals surface area (Å²) in [6, 6.07) is 9.07. The van der Waals surface area contributed by atoms with E-state index < -0.39 is 0 Å². The fraction of sp³-hybridized carbons (Fsp3) is 0.471. The van der Waals surface area contributed by atoms with E-state index in [1.54, 1.807) is 0 Å². The number of aryl methyl sites for hydroxylation is 4. The van der Waals surface area contributed by atoms with E-state index in [0.717, 1.165) is 19.4 Å². The van der Waals surface area contributed by atoms with Gasteiger partial charge in [-0.2, -0.15) is 5.10 Å². The molecule has 0 bridgehead atoms. The van der Waals surface area contributed by atoms with Gasteiger partial charge in [0.25, 0.3) is 0 Å². The van der Waals surface area contributed by atoms with Gasteiger partial charge in [-0.05, 0) is 56.0 Å². The number of nitrogens with zero attached hydrogens (tertiary/aromatic N) is 2. The Morgan fingerprint density at radius 2 is 1.90 bits per heavy atom. The summed E-state index contributed by atoms with van der Waals surface area (Å²) >= 11 is 0. The number of hydrogen-bond donors (Lipinski definition) is 1. The first kappa shape index (κ1) is 14.8. The lowest BCUT2D eigenvalue weighted by Crippen LogP contribution is -2.23. The zero-order chi connectivity index (χ0) is 14.5. The molecule has 0 saturated heterocycles. The molecule has 20 heavy (non-hydrogen) atoms. The maximum Gasteiger partial charge on any atom is 0.0492 e. The molecule has 3 nitrogen and oxygen atoms in total. The van der Waals surface area contributed by atoms with Crippen LogP contribution in [0.15, 0.2) is 30.5 Å². The van der Waals surface area contributed by atoms with Crippen molar-refractivity contribution in [2.24, 2.45) is 7.05 Å². The third-order valence-electron chi connectivity index (χ3n) is 3.95. The molecule has 1 aromatic heterocycles. The molecule has 3 heteroatoms. The topological polar surface area (TPSA) is 29.9 Å². The molecule has 0 saturated carbocycles. The Morgan fingerprint density at radius 3 is 2.45 bits per heavy atom. The first-order valence-electron chi connectivity index (χ1n) is 7.39. The van der Waals surface area contributed by atoms with E-state index in [9.17, 15) is 0 Å². The summed E-state index contributed by atoms with van der Waals surface area (Å²) in [6.07, 6.45) is 4.01. The highest BCUT2D eigenvalue weighted by molar-refractivity contribution is 5.36. The first-order chi connectivity index (χ1) is 9.63. The van der Waals surface area contributed by atoms with E-state index in [-0.39, 0.29) is 0 Å². The SMILES string of the molecule is CCNC(CCc1ccnn1C)c1c(C)cccc1C. The highest BCUT2D eigenvalue weighted by Crippen LogP contribution is 2.25. The van der Waals surface area contributed by atoms with Gasteiger partial charge in [0, 0.05) is 25.0 Å². The molecule has 2 rings (SSSR count). The Balaban J connectivity index is 2.17. The van der Waals surface area contributed by atoms with Crippen LogP contribution in [0.2, 0.25) is 0 Å². The molecule has 0 aliphatic heterocycles. The number of aromatic nitrogens is 2. The van der Waals surface area contributed by atoms with E-state index >= 15 is 0 Å². The van der Waals surface area contributed by atoms with Crippen molar-refractivity contribution in [3.05, 3.63) is 52.8 Å². The van der Waals surface area contributed by atoms with Crippen molar-refractivity contribution in [2.45, 2.75) is 39.7 Å². The van der Waals surface area contributed by atoms with E-state index in [1.807, 2.05) is 17.9 Å². The van der Waals surface area contributed by atoms with Crippen LogP contribution in [0.4, 0.5) is 0 Å². The van der Waals surface area contributed by atoms with Crippen LogP contribution in [-0.4, -0.2) is 16.3 Å². The predicted octanol–water partition coefficient (Wildman–Crippen LogP) is 3.32. The van der Waals surface area contributed by atoms with Gasteiger partial charge in [-0.25, -0.2) is 0 Å². The third-order valence-corrected chi connectivity index (χ3v) is 3.95. The quantitative estimate of drug-likeness (QED) is 0.873. The van der Waals surface area contributed by atoms with Gasteiger partial charge in [0.1, 0.15) is 0 Å². The Labute approximate surface area is 122 Å². The second kappa shape index (κ2) is 6.71. The summed E-state index contributed by atoms with van der Waals surface area (Å²) in [5, 5.41) is 7.88. The molecule has 0 aliphatic rings. The molecule has 0 spiro atoms. The smallest absolute Gasteiger partial charge is 0.0492 e. The number of hydrogen-bond acceptors (Lipinski definition) is 2. The Morgan fingerprint density at radius 1 is 1.20 bits per heavy atom. The van der Waals surface area contributed by atoms with Crippen LogP contribution in [0.25, 0.3) is 0 Å². The average molecular weight is 271 g/mol. The molecule has 0 amide bonds. The Hall–Kier alpha value is -1.61. The van der Waals surface area contributed by atoms with Crippen LogP contribution in [0.5, 0.6) is 0 Å². The van der Waals surface area contributed by atoms with E-state index in [1.165, 1.54) is 22.4 Å². The fourth-order valence-corrected chi connectivity index (χ4v) is 2.91. The summed E-state index contributed by atoms with van der Waals surface area (Å²) < 4.78 is 1.97. The molecule has 2 aromatic rings. The van der Waals surface area contributed by atoms with E-state index in [4.69, 9.17) is 0 Å². The van der Waals surface area contributed by atoms with Crippen LogP contribution in [0.1, 0.15) is 41.8 Å². The third kappa shape index (κ3) is 3.28. The van der Waals surface area contributed by atoms with Crippen LogP contribution < -0.4 is 5.32 Å². The zero-order valence-electron chi connectivity index (χ0n) is 13.0. The van der Waals surface area contributed by atoms with Crippen molar-refractivity contribution >= 4 is 0 Å². The average Bonchev–Trinajstić information content (AvgIpc) is 2.81. The van der Waals surface area contributed by atoms with Gasteiger partial charge in [0.15, 0.2) is 0 Å². The van der Waals surface area contributed by atoms with Gasteiger partial charge >= 0.3 is 0 Å². The summed E-state index contributed by atoms with van der Waals surface area (Å²) in [7, 11) is 2.01. The molecule has 1 unspecified atom stereocenters. The first-order valence-corrected chi connectivity index (χ1v) is 7.39. The maximum absolute atomic E-state index is 4.24. The zero-order valence-corrected chi connectivity index (χ0v) is 13.0. The van der Waals surface area contributed by atoms with Crippen molar-refractivity contribution in [1.82, 2.24) is 15.1 Å². The minimum Gasteiger partial charge on any atom is -0.310 e. The van der Waals surface area contributed by atoms with Gasteiger partial charge in [-0.3, -0.25) is 4.68 Å². The van der Waals surface area contributed by atoms with Crippen molar-refractivity contribution < 1.29 is 0 Å². The molecule has 0 radical (unpaired) electrons. The lowest BCUT2D eigenvalue weighted by molar-refractivity contribution is 0.502. The number of benzene rings is 1. The predicted molar refractivity (Wildman–Crippen MR) is 83.9 cm³/mol. The summed E-state index contributed by atoms with van der Waals surface area (Å²) in [5.74, 6) is 0. The molecule has 1 N–H and O–H groups in total. The highest BCUT2D eigenvalue weighted by atomic mass is 15.2. The highest BCUT2D eigenvalue weighted by Gasteiger charge is 2.15. The second-order valence-electron chi connectivity index (χ2n) is 5.40. The molecule has 1 heterocycles. The van der Waals surface area contributed by atoms with Crippen molar-refractivity contribution in [3.63, 3.8) is 0 Å². The van der Waals surface area contributed by atoms with Crippen LogP contribution in [0, 0.1) is 13.8 Å². The minimum atomic E-state index is 0.413. The molecule has 0 fully saturated rings. The van der Waals surface area contributed by atoms with E-state index in [2.05, 4.69) is 55.5 Å². The molecule has 1 aromatic carbocycles. The van der Waals surface area contributed by atoms with E-state index in [0.29, 0.717) is 6.04 Å². The molecule has 108 valence electrons. The van der Waals surface area contributed by atoms with Crippen LogP contribution >= 0.6 is 0 Å². The number of nitrogens with one attached hydrogen (secondary N) is 1. The Kier molecular flexibility index (Phi) is 4.96. The van der Waals surface area contributed by atoms with Gasteiger partial charge in [-0.1, -0.05) is 25.1 Å².